The second-order valence-electron chi connectivity index (χ2n) is 5.77. The Morgan fingerprint density at radius 2 is 1.95 bits per heavy atom. The molecule has 0 bridgehead atoms. The molecule has 102 valence electrons. The van der Waals surface area contributed by atoms with Crippen LogP contribution in [0.4, 0.5) is 8.78 Å². The molecule has 2 nitrogen and oxygen atoms in total. The van der Waals surface area contributed by atoms with Crippen molar-refractivity contribution in [2.75, 3.05) is 6.54 Å². The van der Waals surface area contributed by atoms with Gasteiger partial charge in [0.1, 0.15) is 0 Å². The Morgan fingerprint density at radius 1 is 1.21 bits per heavy atom. The van der Waals surface area contributed by atoms with E-state index in [-0.39, 0.29) is 18.3 Å². The third kappa shape index (κ3) is 2.25. The van der Waals surface area contributed by atoms with Crippen LogP contribution in [0.5, 0.6) is 0 Å². The van der Waals surface area contributed by atoms with Gasteiger partial charge in [-0.05, 0) is 36.4 Å². The fraction of sp³-hybridized carbons (Fsp3) is 0.467. The fourth-order valence-electron chi connectivity index (χ4n) is 3.21. The van der Waals surface area contributed by atoms with Crippen LogP contribution in [0.15, 0.2) is 30.5 Å². The molecular weight excluding hydrogens is 246 g/mol. The molecule has 0 spiro atoms. The Hall–Kier alpha value is -1.42. The van der Waals surface area contributed by atoms with Crippen LogP contribution in [0.2, 0.25) is 0 Å². The van der Waals surface area contributed by atoms with E-state index in [0.717, 1.165) is 18.4 Å². The van der Waals surface area contributed by atoms with Crippen molar-refractivity contribution >= 4 is 10.9 Å². The Labute approximate surface area is 111 Å². The maximum Gasteiger partial charge on any atom is 0.249 e. The molecule has 1 saturated carbocycles. The monoisotopic (exact) mass is 264 g/mol. The molecule has 4 heteroatoms. The Balaban J connectivity index is 1.72. The molecule has 0 radical (unpaired) electrons. The predicted octanol–water partition coefficient (Wildman–Crippen LogP) is 3.47. The van der Waals surface area contributed by atoms with E-state index in [1.807, 2.05) is 24.4 Å². The lowest BCUT2D eigenvalue weighted by molar-refractivity contribution is -0.159. The Kier molecular flexibility index (Phi) is 2.86. The molecule has 2 aromatic rings. The summed E-state index contributed by atoms with van der Waals surface area (Å²) in [5.74, 6) is -2.50. The summed E-state index contributed by atoms with van der Waals surface area (Å²) in [6.45, 7) is 0.352. The zero-order chi connectivity index (χ0) is 13.5. The van der Waals surface area contributed by atoms with Gasteiger partial charge in [0, 0.05) is 29.9 Å². The van der Waals surface area contributed by atoms with Crippen LogP contribution >= 0.6 is 0 Å². The average molecular weight is 264 g/mol. The molecule has 3 N–H and O–H groups in total. The maximum absolute atomic E-state index is 13.1. The highest BCUT2D eigenvalue weighted by atomic mass is 19.3. The summed E-state index contributed by atoms with van der Waals surface area (Å²) in [5, 5.41) is 1.18. The van der Waals surface area contributed by atoms with E-state index in [0.29, 0.717) is 6.54 Å². The minimum Gasteiger partial charge on any atom is -0.361 e. The summed E-state index contributed by atoms with van der Waals surface area (Å²) in [6.07, 6.45) is 3.40. The molecule has 1 aromatic heterocycles. The molecule has 1 aliphatic carbocycles. The van der Waals surface area contributed by atoms with Gasteiger partial charge in [-0.3, -0.25) is 0 Å². The number of hydrogen-bond donors (Lipinski definition) is 2. The number of rotatable bonds is 4. The third-order valence-corrected chi connectivity index (χ3v) is 4.30. The number of nitrogens with one attached hydrogen (secondary N) is 1. The lowest BCUT2D eigenvalue weighted by Crippen LogP contribution is -2.50. The zero-order valence-corrected chi connectivity index (χ0v) is 10.8. The van der Waals surface area contributed by atoms with E-state index in [9.17, 15) is 8.78 Å². The van der Waals surface area contributed by atoms with Gasteiger partial charge in [-0.2, -0.15) is 0 Å². The van der Waals surface area contributed by atoms with Gasteiger partial charge in [-0.25, -0.2) is 8.78 Å². The highest BCUT2D eigenvalue weighted by molar-refractivity contribution is 5.83. The summed E-state index contributed by atoms with van der Waals surface area (Å²) in [6, 6.07) is 8.06. The molecule has 3 rings (SSSR count). The van der Waals surface area contributed by atoms with Crippen molar-refractivity contribution in [3.8, 4) is 0 Å². The number of benzene rings is 1. The van der Waals surface area contributed by atoms with Gasteiger partial charge in [0.2, 0.25) is 5.92 Å². The molecule has 0 amide bonds. The number of H-pyrrole nitrogens is 1. The van der Waals surface area contributed by atoms with Crippen molar-refractivity contribution in [1.29, 1.82) is 0 Å². The summed E-state index contributed by atoms with van der Waals surface area (Å²) >= 11 is 0. The van der Waals surface area contributed by atoms with Crippen LogP contribution in [0.1, 0.15) is 24.8 Å². The first-order valence-corrected chi connectivity index (χ1v) is 6.67. The van der Waals surface area contributed by atoms with Crippen molar-refractivity contribution in [3.05, 3.63) is 36.0 Å². The summed E-state index contributed by atoms with van der Waals surface area (Å²) < 4.78 is 26.2. The molecular formula is C15H18F2N2. The first-order valence-electron chi connectivity index (χ1n) is 6.67. The minimum atomic E-state index is -2.50. The van der Waals surface area contributed by atoms with Crippen molar-refractivity contribution < 1.29 is 8.78 Å². The van der Waals surface area contributed by atoms with Gasteiger partial charge < -0.3 is 10.7 Å². The lowest BCUT2D eigenvalue weighted by Gasteiger charge is -2.47. The molecule has 0 aliphatic heterocycles. The first-order chi connectivity index (χ1) is 9.04. The number of hydrogen-bond acceptors (Lipinski definition) is 1. The van der Waals surface area contributed by atoms with Gasteiger partial charge >= 0.3 is 0 Å². The van der Waals surface area contributed by atoms with Crippen molar-refractivity contribution in [3.63, 3.8) is 0 Å². The van der Waals surface area contributed by atoms with E-state index in [1.54, 1.807) is 0 Å². The Bertz CT molecular complexity index is 581. The normalized spacial score (nSPS) is 20.4. The van der Waals surface area contributed by atoms with Gasteiger partial charge in [-0.15, -0.1) is 0 Å². The van der Waals surface area contributed by atoms with Gasteiger partial charge in [0.05, 0.1) is 0 Å². The van der Waals surface area contributed by atoms with E-state index in [1.165, 1.54) is 10.9 Å². The van der Waals surface area contributed by atoms with Crippen molar-refractivity contribution in [1.82, 2.24) is 4.98 Å². The van der Waals surface area contributed by atoms with Gasteiger partial charge in [0.15, 0.2) is 0 Å². The predicted molar refractivity (Wildman–Crippen MR) is 72.3 cm³/mol. The number of para-hydroxylation sites is 1. The van der Waals surface area contributed by atoms with E-state index < -0.39 is 5.92 Å². The number of nitrogens with two attached hydrogens (primary N) is 1. The van der Waals surface area contributed by atoms with E-state index in [4.69, 9.17) is 5.73 Å². The Morgan fingerprint density at radius 3 is 2.63 bits per heavy atom. The molecule has 0 saturated heterocycles. The summed E-state index contributed by atoms with van der Waals surface area (Å²) in [4.78, 5) is 3.22. The van der Waals surface area contributed by atoms with Crippen LogP contribution in [-0.2, 0) is 6.42 Å². The van der Waals surface area contributed by atoms with Crippen molar-refractivity contribution in [2.45, 2.75) is 31.6 Å². The SMILES string of the molecule is NCC1(CCc2c[nH]c3ccccc23)CC(F)(F)C1. The van der Waals surface area contributed by atoms with Crippen LogP contribution < -0.4 is 5.73 Å². The molecule has 0 unspecified atom stereocenters. The third-order valence-electron chi connectivity index (χ3n) is 4.30. The van der Waals surface area contributed by atoms with E-state index in [2.05, 4.69) is 11.1 Å². The topological polar surface area (TPSA) is 41.8 Å². The van der Waals surface area contributed by atoms with Gasteiger partial charge in [-0.1, -0.05) is 18.2 Å². The summed E-state index contributed by atoms with van der Waals surface area (Å²) in [7, 11) is 0. The quantitative estimate of drug-likeness (QED) is 0.872. The molecule has 1 fully saturated rings. The second kappa shape index (κ2) is 4.30. The number of aryl methyl sites for hydroxylation is 1. The average Bonchev–Trinajstić information content (AvgIpc) is 2.77. The molecule has 1 heterocycles. The number of aromatic amines is 1. The lowest BCUT2D eigenvalue weighted by atomic mass is 9.63. The fourth-order valence-corrected chi connectivity index (χ4v) is 3.21. The smallest absolute Gasteiger partial charge is 0.249 e. The van der Waals surface area contributed by atoms with Crippen LogP contribution in [-0.4, -0.2) is 17.5 Å². The number of halogens is 2. The molecule has 0 atom stereocenters. The van der Waals surface area contributed by atoms with E-state index >= 15 is 0 Å². The molecule has 19 heavy (non-hydrogen) atoms. The highest BCUT2D eigenvalue weighted by Crippen LogP contribution is 2.53. The summed E-state index contributed by atoms with van der Waals surface area (Å²) in [5.41, 5.74) is 7.63. The van der Waals surface area contributed by atoms with Crippen LogP contribution in [0, 0.1) is 5.41 Å². The maximum atomic E-state index is 13.1. The number of fused-ring (bicyclic) bond motifs is 1. The standard InChI is InChI=1S/C15H18F2N2/c16-15(17)8-14(9-15,10-18)6-5-11-7-19-13-4-2-1-3-12(11)13/h1-4,7,19H,5-6,8-10,18H2. The van der Waals surface area contributed by atoms with Crippen LogP contribution in [0.25, 0.3) is 10.9 Å². The first kappa shape index (κ1) is 12.6. The van der Waals surface area contributed by atoms with Gasteiger partial charge in [0.25, 0.3) is 0 Å². The second-order valence-corrected chi connectivity index (χ2v) is 5.77. The molecule has 1 aliphatic rings. The van der Waals surface area contributed by atoms with Crippen LogP contribution in [0.3, 0.4) is 0 Å². The highest BCUT2D eigenvalue weighted by Gasteiger charge is 2.55. The minimum absolute atomic E-state index is 0.0567. The zero-order valence-electron chi connectivity index (χ0n) is 10.8. The van der Waals surface area contributed by atoms with Crippen molar-refractivity contribution in [2.24, 2.45) is 11.1 Å². The largest absolute Gasteiger partial charge is 0.361 e. The number of alkyl halides is 2. The molecule has 1 aromatic carbocycles. The number of aromatic nitrogens is 1.